The van der Waals surface area contributed by atoms with Crippen LogP contribution in [0.5, 0.6) is 0 Å². The minimum atomic E-state index is 0.242. The topological polar surface area (TPSA) is 107 Å². The van der Waals surface area contributed by atoms with Gasteiger partial charge in [-0.1, -0.05) is 72.8 Å². The van der Waals surface area contributed by atoms with Crippen molar-refractivity contribution in [2.75, 3.05) is 6.54 Å². The average molecular weight is 556 g/mol. The van der Waals surface area contributed by atoms with E-state index in [1.165, 1.54) is 28.6 Å². The van der Waals surface area contributed by atoms with Crippen LogP contribution in [0, 0.1) is 5.41 Å². The third kappa shape index (κ3) is 6.33. The van der Waals surface area contributed by atoms with Crippen molar-refractivity contribution in [1.29, 1.82) is 5.41 Å². The summed E-state index contributed by atoms with van der Waals surface area (Å²) >= 11 is 0. The van der Waals surface area contributed by atoms with Gasteiger partial charge < -0.3 is 21.4 Å². The zero-order chi connectivity index (χ0) is 28.7. The first-order chi connectivity index (χ1) is 20.7. The Labute approximate surface area is 247 Å². The summed E-state index contributed by atoms with van der Waals surface area (Å²) in [6.45, 7) is 2.76. The Hall–Kier alpha value is -4.59. The molecule has 0 radical (unpaired) electrons. The molecule has 0 spiro atoms. The first-order valence-electron chi connectivity index (χ1n) is 14.6. The Bertz CT molecular complexity index is 1640. The molecule has 0 saturated carbocycles. The number of imidazole rings is 1. The van der Waals surface area contributed by atoms with E-state index in [1.54, 1.807) is 0 Å². The fraction of sp³-hybridized carbons (Fsp3) is 0.229. The number of nitrogens with two attached hydrogens (primary N) is 1. The number of hydrogen-bond acceptors (Lipinski definition) is 6. The Morgan fingerprint density at radius 2 is 1.74 bits per heavy atom. The molecule has 6 rings (SSSR count). The lowest BCUT2D eigenvalue weighted by Gasteiger charge is -2.34. The maximum Gasteiger partial charge on any atom is 0.121 e. The number of benzene rings is 3. The normalized spacial score (nSPS) is 15.4. The van der Waals surface area contributed by atoms with Gasteiger partial charge in [-0.2, -0.15) is 0 Å². The highest BCUT2D eigenvalue weighted by atomic mass is 15.2. The van der Waals surface area contributed by atoms with Crippen molar-refractivity contribution in [3.05, 3.63) is 137 Å². The third-order valence-electron chi connectivity index (χ3n) is 8.06. The van der Waals surface area contributed by atoms with E-state index in [-0.39, 0.29) is 6.04 Å². The quantitative estimate of drug-likeness (QED) is 0.146. The predicted octanol–water partition coefficient (Wildman–Crippen LogP) is 6.15. The second-order valence-corrected chi connectivity index (χ2v) is 10.9. The number of pyridine rings is 1. The van der Waals surface area contributed by atoms with Crippen LogP contribution < -0.4 is 11.1 Å². The van der Waals surface area contributed by atoms with Gasteiger partial charge in [0.15, 0.2) is 0 Å². The molecule has 1 atom stereocenters. The molecule has 2 heterocycles. The standard InChI is InChI=1S/C35H37N7/c36-20-29(34(37)27-8-2-1-3-9-27)22-38-21-25-15-17-26(18-16-25)23-42(24-33-40-30-12-4-5-13-31(30)41-33)32-14-6-10-28-11-7-19-39-35(28)32/h1-5,7-9,11-13,15-20,32,36,38H,6,10,14,21-24,37H2,(H,40,41)/b34-29+,36-20?. The van der Waals surface area contributed by atoms with Crippen LogP contribution in [0.25, 0.3) is 16.7 Å². The molecule has 5 N–H and O–H groups in total. The second kappa shape index (κ2) is 12.9. The Balaban J connectivity index is 1.16. The number of para-hydroxylation sites is 2. The monoisotopic (exact) mass is 555 g/mol. The summed E-state index contributed by atoms with van der Waals surface area (Å²) in [5.41, 5.74) is 15.8. The summed E-state index contributed by atoms with van der Waals surface area (Å²) in [6, 6.07) is 31.3. The summed E-state index contributed by atoms with van der Waals surface area (Å²) in [7, 11) is 0. The fourth-order valence-corrected chi connectivity index (χ4v) is 5.86. The predicted molar refractivity (Wildman–Crippen MR) is 170 cm³/mol. The molecule has 3 aromatic carbocycles. The number of nitrogens with one attached hydrogen (secondary N) is 3. The molecule has 1 aliphatic carbocycles. The molecule has 0 aliphatic heterocycles. The summed E-state index contributed by atoms with van der Waals surface area (Å²) in [5.74, 6) is 0.977. The first kappa shape index (κ1) is 27.6. The van der Waals surface area contributed by atoms with Gasteiger partial charge in [0.2, 0.25) is 0 Å². The van der Waals surface area contributed by atoms with Gasteiger partial charge in [0.05, 0.1) is 29.3 Å². The SMILES string of the molecule is N=C/C(CNCc1ccc(CN(Cc2nc3ccccc3[nH]2)C2CCCc3cccnc32)cc1)=C(\N)c1ccccc1. The Kier molecular flexibility index (Phi) is 8.49. The summed E-state index contributed by atoms with van der Waals surface area (Å²) in [5, 5.41) is 11.3. The van der Waals surface area contributed by atoms with E-state index < -0.39 is 0 Å². The Morgan fingerprint density at radius 3 is 2.55 bits per heavy atom. The molecule has 42 heavy (non-hydrogen) atoms. The van der Waals surface area contributed by atoms with Crippen LogP contribution in [0.4, 0.5) is 0 Å². The number of aromatic nitrogens is 3. The summed E-state index contributed by atoms with van der Waals surface area (Å²) < 4.78 is 0. The zero-order valence-corrected chi connectivity index (χ0v) is 23.8. The van der Waals surface area contributed by atoms with Crippen LogP contribution in [-0.4, -0.2) is 32.6 Å². The van der Waals surface area contributed by atoms with Crippen molar-refractivity contribution in [3.8, 4) is 0 Å². The van der Waals surface area contributed by atoms with Crippen LogP contribution in [0.2, 0.25) is 0 Å². The largest absolute Gasteiger partial charge is 0.398 e. The minimum Gasteiger partial charge on any atom is -0.398 e. The smallest absolute Gasteiger partial charge is 0.121 e. The number of aromatic amines is 1. The highest BCUT2D eigenvalue weighted by Crippen LogP contribution is 2.34. The van der Waals surface area contributed by atoms with Crippen LogP contribution in [0.15, 0.2) is 103 Å². The van der Waals surface area contributed by atoms with Crippen molar-refractivity contribution in [2.45, 2.75) is 44.9 Å². The van der Waals surface area contributed by atoms with E-state index in [9.17, 15) is 0 Å². The highest BCUT2D eigenvalue weighted by Gasteiger charge is 2.28. The minimum absolute atomic E-state index is 0.242. The molecular weight excluding hydrogens is 518 g/mol. The van der Waals surface area contributed by atoms with Crippen LogP contribution in [0.3, 0.4) is 0 Å². The number of H-pyrrole nitrogens is 1. The molecule has 0 saturated heterocycles. The lowest BCUT2D eigenvalue weighted by Crippen LogP contribution is -2.31. The van der Waals surface area contributed by atoms with Crippen LogP contribution >= 0.6 is 0 Å². The molecule has 0 fully saturated rings. The maximum absolute atomic E-state index is 7.84. The van der Waals surface area contributed by atoms with Gasteiger partial charge in [0.25, 0.3) is 0 Å². The van der Waals surface area contributed by atoms with Crippen molar-refractivity contribution in [3.63, 3.8) is 0 Å². The molecule has 1 aliphatic rings. The summed E-state index contributed by atoms with van der Waals surface area (Å²) in [6.07, 6.45) is 6.59. The van der Waals surface area contributed by atoms with Crippen molar-refractivity contribution in [1.82, 2.24) is 25.2 Å². The molecule has 0 bridgehead atoms. The molecule has 2 aromatic heterocycles. The van der Waals surface area contributed by atoms with Gasteiger partial charge >= 0.3 is 0 Å². The Morgan fingerprint density at radius 1 is 0.952 bits per heavy atom. The van der Waals surface area contributed by atoms with Crippen molar-refractivity contribution >= 4 is 22.9 Å². The molecule has 212 valence electrons. The molecule has 7 nitrogen and oxygen atoms in total. The van der Waals surface area contributed by atoms with Crippen LogP contribution in [-0.2, 0) is 26.1 Å². The van der Waals surface area contributed by atoms with Crippen molar-refractivity contribution < 1.29 is 0 Å². The molecule has 5 aromatic rings. The van der Waals surface area contributed by atoms with E-state index in [1.807, 2.05) is 54.7 Å². The van der Waals surface area contributed by atoms with Gasteiger partial charge in [0.1, 0.15) is 5.82 Å². The number of nitrogens with zero attached hydrogens (tertiary/aromatic N) is 3. The summed E-state index contributed by atoms with van der Waals surface area (Å²) in [4.78, 5) is 15.8. The fourth-order valence-electron chi connectivity index (χ4n) is 5.86. The van der Waals surface area contributed by atoms with Crippen molar-refractivity contribution in [2.24, 2.45) is 5.73 Å². The van der Waals surface area contributed by atoms with Gasteiger partial charge in [-0.3, -0.25) is 9.88 Å². The van der Waals surface area contributed by atoms with E-state index in [0.29, 0.717) is 18.8 Å². The zero-order valence-electron chi connectivity index (χ0n) is 23.8. The molecule has 0 amide bonds. The third-order valence-corrected chi connectivity index (χ3v) is 8.06. The van der Waals surface area contributed by atoms with Gasteiger partial charge in [-0.15, -0.1) is 0 Å². The molecular formula is C35H37N7. The second-order valence-electron chi connectivity index (χ2n) is 10.9. The van der Waals surface area contributed by atoms with Crippen LogP contribution in [0.1, 0.15) is 52.7 Å². The number of fused-ring (bicyclic) bond motifs is 2. The molecule has 7 heteroatoms. The van der Waals surface area contributed by atoms with Gasteiger partial charge in [-0.25, -0.2) is 4.98 Å². The van der Waals surface area contributed by atoms with E-state index in [4.69, 9.17) is 21.1 Å². The lowest BCUT2D eigenvalue weighted by molar-refractivity contribution is 0.153. The number of aryl methyl sites for hydroxylation is 1. The lowest BCUT2D eigenvalue weighted by atomic mass is 9.90. The maximum atomic E-state index is 7.84. The number of hydrogen-bond donors (Lipinski definition) is 4. The average Bonchev–Trinajstić information content (AvgIpc) is 3.46. The van der Waals surface area contributed by atoms with Gasteiger partial charge in [-0.05, 0) is 59.7 Å². The van der Waals surface area contributed by atoms with Gasteiger partial charge in [0, 0.05) is 43.3 Å². The van der Waals surface area contributed by atoms with E-state index in [2.05, 4.69) is 57.7 Å². The van der Waals surface area contributed by atoms with E-state index >= 15 is 0 Å². The molecule has 1 unspecified atom stereocenters. The van der Waals surface area contributed by atoms with E-state index in [0.717, 1.165) is 60.3 Å². The number of rotatable bonds is 11. The highest BCUT2D eigenvalue weighted by molar-refractivity contribution is 5.88. The first-order valence-corrected chi connectivity index (χ1v) is 14.6.